The van der Waals surface area contributed by atoms with Crippen LogP contribution >= 0.6 is 0 Å². The molecule has 0 radical (unpaired) electrons. The van der Waals surface area contributed by atoms with Gasteiger partial charge in [-0.2, -0.15) is 0 Å². The van der Waals surface area contributed by atoms with Gasteiger partial charge in [0.05, 0.1) is 12.7 Å². The Balaban J connectivity index is 1.72. The number of nitrogens with zero attached hydrogens (tertiary/aromatic N) is 1. The number of hydrogen-bond acceptors (Lipinski definition) is 3. The molecule has 1 N–H and O–H groups in total. The topological polar surface area (TPSA) is 49.8 Å². The van der Waals surface area contributed by atoms with Crippen LogP contribution in [0.25, 0.3) is 0 Å². The Morgan fingerprint density at radius 1 is 1.40 bits per heavy atom. The van der Waals surface area contributed by atoms with Crippen LogP contribution in [0, 0.1) is 11.8 Å². The second-order valence-electron chi connectivity index (χ2n) is 5.91. The van der Waals surface area contributed by atoms with E-state index < -0.39 is 0 Å². The average Bonchev–Trinajstić information content (AvgIpc) is 3.01. The summed E-state index contributed by atoms with van der Waals surface area (Å²) in [5.74, 6) is 0.835. The minimum atomic E-state index is -0.224. The highest BCUT2D eigenvalue weighted by Crippen LogP contribution is 2.38. The molecule has 108 valence electrons. The van der Waals surface area contributed by atoms with Crippen molar-refractivity contribution < 1.29 is 14.6 Å². The fraction of sp³-hybridized carbons (Fsp3) is 0.562. The molecule has 0 spiro atoms. The molecule has 3 atom stereocenters. The van der Waals surface area contributed by atoms with Crippen LogP contribution in [0.2, 0.25) is 0 Å². The molecule has 1 aromatic rings. The fourth-order valence-corrected chi connectivity index (χ4v) is 3.55. The zero-order valence-electron chi connectivity index (χ0n) is 11.8. The van der Waals surface area contributed by atoms with Gasteiger partial charge >= 0.3 is 0 Å². The molecule has 3 unspecified atom stereocenters. The Morgan fingerprint density at radius 2 is 2.25 bits per heavy atom. The van der Waals surface area contributed by atoms with Gasteiger partial charge in [0.25, 0.3) is 5.91 Å². The number of amides is 1. The van der Waals surface area contributed by atoms with Crippen molar-refractivity contribution in [3.05, 3.63) is 35.4 Å². The third-order valence-corrected chi connectivity index (χ3v) is 4.59. The van der Waals surface area contributed by atoms with Gasteiger partial charge in [-0.25, -0.2) is 0 Å². The van der Waals surface area contributed by atoms with Crippen molar-refractivity contribution in [1.29, 1.82) is 0 Å². The smallest absolute Gasteiger partial charge is 0.253 e. The molecule has 1 aromatic carbocycles. The zero-order chi connectivity index (χ0) is 14.1. The maximum Gasteiger partial charge on any atom is 0.253 e. The largest absolute Gasteiger partial charge is 0.393 e. The van der Waals surface area contributed by atoms with E-state index in [2.05, 4.69) is 0 Å². The number of fused-ring (bicyclic) bond motifs is 1. The van der Waals surface area contributed by atoms with E-state index in [0.717, 1.165) is 24.9 Å². The minimum absolute atomic E-state index is 0.0737. The van der Waals surface area contributed by atoms with Gasteiger partial charge in [-0.1, -0.05) is 12.1 Å². The number of methoxy groups -OCH3 is 1. The molecular weight excluding hydrogens is 254 g/mol. The van der Waals surface area contributed by atoms with E-state index in [1.54, 1.807) is 7.11 Å². The zero-order valence-corrected chi connectivity index (χ0v) is 11.8. The second kappa shape index (κ2) is 5.54. The van der Waals surface area contributed by atoms with Gasteiger partial charge in [-0.05, 0) is 36.5 Å². The number of carbonyl (C=O) groups is 1. The Morgan fingerprint density at radius 3 is 3.00 bits per heavy atom. The van der Waals surface area contributed by atoms with Gasteiger partial charge in [0.15, 0.2) is 0 Å². The Hall–Kier alpha value is -1.39. The summed E-state index contributed by atoms with van der Waals surface area (Å²) < 4.78 is 5.10. The third-order valence-electron chi connectivity index (χ3n) is 4.59. The van der Waals surface area contributed by atoms with E-state index >= 15 is 0 Å². The number of hydrogen-bond donors (Lipinski definition) is 1. The van der Waals surface area contributed by atoms with E-state index in [1.165, 1.54) is 0 Å². The summed E-state index contributed by atoms with van der Waals surface area (Å²) in [6.45, 7) is 2.00. The minimum Gasteiger partial charge on any atom is -0.393 e. The molecule has 0 bridgehead atoms. The summed E-state index contributed by atoms with van der Waals surface area (Å²) >= 11 is 0. The lowest BCUT2D eigenvalue weighted by Gasteiger charge is -2.18. The third kappa shape index (κ3) is 2.45. The first-order valence-corrected chi connectivity index (χ1v) is 7.24. The predicted molar refractivity (Wildman–Crippen MR) is 75.3 cm³/mol. The monoisotopic (exact) mass is 275 g/mol. The Kier molecular flexibility index (Phi) is 3.76. The average molecular weight is 275 g/mol. The van der Waals surface area contributed by atoms with Crippen molar-refractivity contribution in [2.75, 3.05) is 20.2 Å². The van der Waals surface area contributed by atoms with E-state index in [0.29, 0.717) is 24.6 Å². The van der Waals surface area contributed by atoms with Crippen molar-refractivity contribution in [2.24, 2.45) is 11.8 Å². The van der Waals surface area contributed by atoms with Gasteiger partial charge in [0.1, 0.15) is 0 Å². The number of benzene rings is 1. The number of carbonyl (C=O) groups excluding carboxylic acids is 1. The number of aliphatic hydroxyl groups is 1. The standard InChI is InChI=1S/C16H21NO3/c1-20-10-11-3-2-4-12(7-11)16(19)17-8-13-5-6-15(18)14(13)9-17/h2-4,7,13-15,18H,5-6,8-10H2,1H3. The molecule has 4 heteroatoms. The molecule has 1 aliphatic carbocycles. The molecule has 1 saturated carbocycles. The summed E-state index contributed by atoms with van der Waals surface area (Å²) in [6, 6.07) is 7.61. The van der Waals surface area contributed by atoms with Gasteiger partial charge in [0, 0.05) is 31.7 Å². The molecule has 2 aliphatic rings. The van der Waals surface area contributed by atoms with Gasteiger partial charge < -0.3 is 14.7 Å². The van der Waals surface area contributed by atoms with Crippen LogP contribution in [0.4, 0.5) is 0 Å². The highest BCUT2D eigenvalue weighted by atomic mass is 16.5. The molecular formula is C16H21NO3. The Bertz CT molecular complexity index is 502. The van der Waals surface area contributed by atoms with Crippen molar-refractivity contribution in [2.45, 2.75) is 25.6 Å². The van der Waals surface area contributed by atoms with Crippen LogP contribution in [-0.4, -0.2) is 42.2 Å². The summed E-state index contributed by atoms with van der Waals surface area (Å²) in [7, 11) is 1.65. The maximum atomic E-state index is 12.5. The van der Waals surface area contributed by atoms with Crippen LogP contribution in [0.3, 0.4) is 0 Å². The lowest BCUT2D eigenvalue weighted by atomic mass is 10.00. The van der Waals surface area contributed by atoms with Crippen LogP contribution in [0.5, 0.6) is 0 Å². The first-order chi connectivity index (χ1) is 9.69. The molecule has 20 heavy (non-hydrogen) atoms. The quantitative estimate of drug-likeness (QED) is 0.913. The fourth-order valence-electron chi connectivity index (χ4n) is 3.55. The lowest BCUT2D eigenvalue weighted by molar-refractivity contribution is 0.0752. The molecule has 0 aromatic heterocycles. The second-order valence-corrected chi connectivity index (χ2v) is 5.91. The van der Waals surface area contributed by atoms with E-state index in [-0.39, 0.29) is 17.9 Å². The molecule has 4 nitrogen and oxygen atoms in total. The summed E-state index contributed by atoms with van der Waals surface area (Å²) in [4.78, 5) is 14.4. The lowest BCUT2D eigenvalue weighted by Crippen LogP contribution is -2.31. The maximum absolute atomic E-state index is 12.5. The van der Waals surface area contributed by atoms with Gasteiger partial charge in [-0.15, -0.1) is 0 Å². The normalized spacial score (nSPS) is 28.7. The van der Waals surface area contributed by atoms with Crippen LogP contribution < -0.4 is 0 Å². The molecule has 1 amide bonds. The van der Waals surface area contributed by atoms with Crippen LogP contribution in [0.1, 0.15) is 28.8 Å². The van der Waals surface area contributed by atoms with Crippen LogP contribution in [-0.2, 0) is 11.3 Å². The van der Waals surface area contributed by atoms with Crippen molar-refractivity contribution in [3.8, 4) is 0 Å². The number of aliphatic hydroxyl groups excluding tert-OH is 1. The summed E-state index contributed by atoms with van der Waals surface area (Å²) in [5.41, 5.74) is 1.73. The number of rotatable bonds is 3. The van der Waals surface area contributed by atoms with Crippen molar-refractivity contribution in [3.63, 3.8) is 0 Å². The summed E-state index contributed by atoms with van der Waals surface area (Å²) in [6.07, 6.45) is 1.71. The first kappa shape index (κ1) is 13.6. The Labute approximate surface area is 119 Å². The predicted octanol–water partition coefficient (Wildman–Crippen LogP) is 1.68. The van der Waals surface area contributed by atoms with Crippen molar-refractivity contribution in [1.82, 2.24) is 4.90 Å². The molecule has 3 rings (SSSR count). The molecule has 1 aliphatic heterocycles. The number of likely N-dealkylation sites (tertiary alicyclic amines) is 1. The molecule has 2 fully saturated rings. The number of ether oxygens (including phenoxy) is 1. The SMILES string of the molecule is COCc1cccc(C(=O)N2CC3CCC(O)C3C2)c1. The molecule has 1 saturated heterocycles. The molecule has 1 heterocycles. The van der Waals surface area contributed by atoms with E-state index in [4.69, 9.17) is 4.74 Å². The van der Waals surface area contributed by atoms with E-state index in [1.807, 2.05) is 29.2 Å². The van der Waals surface area contributed by atoms with Crippen LogP contribution in [0.15, 0.2) is 24.3 Å². The van der Waals surface area contributed by atoms with Gasteiger partial charge in [-0.3, -0.25) is 4.79 Å². The highest BCUT2D eigenvalue weighted by Gasteiger charge is 2.43. The summed E-state index contributed by atoms with van der Waals surface area (Å²) in [5, 5.41) is 9.93. The van der Waals surface area contributed by atoms with Crippen molar-refractivity contribution >= 4 is 5.91 Å². The highest BCUT2D eigenvalue weighted by molar-refractivity contribution is 5.94. The van der Waals surface area contributed by atoms with Gasteiger partial charge in [0.2, 0.25) is 0 Å². The first-order valence-electron chi connectivity index (χ1n) is 7.24. The van der Waals surface area contributed by atoms with E-state index in [9.17, 15) is 9.90 Å².